The third-order valence-corrected chi connectivity index (χ3v) is 14.1. The first-order valence-electron chi connectivity index (χ1n) is 26.1. The van der Waals surface area contributed by atoms with E-state index in [1.54, 1.807) is 17.0 Å². The fourth-order valence-corrected chi connectivity index (χ4v) is 9.31. The molecule has 0 aliphatic carbocycles. The monoisotopic (exact) mass is 1490 g/mol. The molecule has 5 amide bonds. The maximum absolute atomic E-state index is 12.8. The number of aliphatic carboxylic acids is 1. The Morgan fingerprint density at radius 2 is 1.26 bits per heavy atom. The maximum Gasteiger partial charge on any atom is 0.416 e. The number of anilines is 2. The lowest BCUT2D eigenvalue weighted by molar-refractivity contribution is -0.385. The highest BCUT2D eigenvalue weighted by Gasteiger charge is 2.33. The van der Waals surface area contributed by atoms with Crippen molar-refractivity contribution in [3.05, 3.63) is 129 Å². The van der Waals surface area contributed by atoms with Gasteiger partial charge in [0.25, 0.3) is 31.6 Å². The molecule has 0 fully saturated rings. The maximum atomic E-state index is 12.8. The van der Waals surface area contributed by atoms with Crippen molar-refractivity contribution in [3.63, 3.8) is 0 Å². The average molecular weight is 1500 g/mol. The van der Waals surface area contributed by atoms with Crippen LogP contribution in [0.4, 0.5) is 57.9 Å². The van der Waals surface area contributed by atoms with Gasteiger partial charge in [0, 0.05) is 32.4 Å². The number of alkyl halides is 7. The summed E-state index contributed by atoms with van der Waals surface area (Å²) in [7, 11) is -7.66. The van der Waals surface area contributed by atoms with E-state index >= 15 is 0 Å². The highest BCUT2D eigenvalue weighted by Crippen LogP contribution is 2.38. The van der Waals surface area contributed by atoms with Crippen molar-refractivity contribution >= 4 is 98.7 Å². The van der Waals surface area contributed by atoms with Gasteiger partial charge >= 0.3 is 62.9 Å². The molecular formula is C51H51ClF7N12O25PS2. The highest BCUT2D eigenvalue weighted by atomic mass is 35.5. The van der Waals surface area contributed by atoms with Gasteiger partial charge < -0.3 is 58.1 Å². The molecule has 0 aliphatic heterocycles. The van der Waals surface area contributed by atoms with E-state index in [1.165, 1.54) is 81.4 Å². The van der Waals surface area contributed by atoms with E-state index in [2.05, 4.69) is 45.0 Å². The first kappa shape index (κ1) is 82.3. The van der Waals surface area contributed by atoms with E-state index in [1.807, 2.05) is 0 Å². The summed E-state index contributed by atoms with van der Waals surface area (Å²) >= 11 is 5.83. The first-order valence-corrected chi connectivity index (χ1v) is 31.2. The van der Waals surface area contributed by atoms with Crippen LogP contribution in [0.1, 0.15) is 50.5 Å². The van der Waals surface area contributed by atoms with Crippen LogP contribution in [0.25, 0.3) is 0 Å². The van der Waals surface area contributed by atoms with E-state index in [0.717, 1.165) is 42.5 Å². The average Bonchev–Trinajstić information content (AvgIpc) is 0.817. The van der Waals surface area contributed by atoms with Gasteiger partial charge in [-0.25, -0.2) is 46.8 Å². The van der Waals surface area contributed by atoms with Crippen LogP contribution in [-0.2, 0) is 49.9 Å². The molecule has 37 nitrogen and oxygen atoms in total. The van der Waals surface area contributed by atoms with Crippen molar-refractivity contribution in [1.82, 2.24) is 44.6 Å². The number of amides is 5. The number of nitro benzene ring substituents is 1. The number of nitro groups is 1. The molecule has 0 saturated heterocycles. The minimum Gasteiger partial charge on any atom is -0.481 e. The van der Waals surface area contributed by atoms with Crippen LogP contribution in [0.2, 0.25) is 5.02 Å². The topological polar surface area (TPSA) is 521 Å². The second-order valence-electron chi connectivity index (χ2n) is 18.0. The van der Waals surface area contributed by atoms with E-state index < -0.39 is 163 Å². The van der Waals surface area contributed by atoms with Crippen LogP contribution in [-0.4, -0.2) is 181 Å². The predicted octanol–water partition coefficient (Wildman–Crippen LogP) is 5.95. The lowest BCUT2D eigenvalue weighted by Crippen LogP contribution is -2.36. The molecule has 1 atom stereocenters. The van der Waals surface area contributed by atoms with Crippen molar-refractivity contribution in [2.75, 3.05) is 58.4 Å². The number of methoxy groups -OCH3 is 2. The molecule has 9 N–H and O–H groups in total. The number of sulfonamides is 2. The zero-order chi connectivity index (χ0) is 74.9. The predicted molar refractivity (Wildman–Crippen MR) is 318 cm³/mol. The van der Waals surface area contributed by atoms with E-state index in [0.29, 0.717) is 12.1 Å². The van der Waals surface area contributed by atoms with E-state index in [9.17, 15) is 95.8 Å². The molecule has 0 spiro atoms. The standard InChI is InChI=1S/C19H15ClF3NO7.C15H18N6O6S.C14H10F4N4O7S.C3H8NO5P/c1-3-29-17(25)10(2)30-18(26)13-9-12(5-6-15(13)24(27)28)31-16-7-4-11(8-14(16)20)19(21,22)23;1-21(2)13(22)9-6-5-7-16-12(9)28(24,25)20-15(23)19-14-17-10(26-3)8-11(18-14)27-4;15-11(16)28-8-5-9(29-12(17)18)20-13(19-8)21-14(25)22-30(26,27)7-4-2-1-3-6(7)10(23)24;5-3(6)1-4-2-10(7,8)9/h4-10H,3H2,1-2H3;5-8H,1-4H3,(H2,17,18,19,20,23);1-5,11-12H,(H,23,24)(H2,19,20,21,22,25);4H,1-2H2,(H,5,6)(H2,7,8,9). The molecule has 0 radical (unpaired) electrons. The van der Waals surface area contributed by atoms with Crippen molar-refractivity contribution in [1.29, 1.82) is 0 Å². The Hall–Kier alpha value is -10.9. The fraction of sp³-hybridized carbons (Fsp3) is 0.255. The largest absolute Gasteiger partial charge is 0.481 e. The molecule has 538 valence electrons. The smallest absolute Gasteiger partial charge is 0.416 e. The number of rotatable bonds is 25. The molecule has 6 aromatic rings. The fourth-order valence-electron chi connectivity index (χ4n) is 6.55. The molecule has 0 aliphatic rings. The first-order chi connectivity index (χ1) is 46.0. The van der Waals surface area contributed by atoms with Crippen LogP contribution < -0.4 is 49.1 Å². The molecule has 48 heteroatoms. The number of nitrogens with zero attached hydrogens (tertiary/aromatic N) is 7. The van der Waals surface area contributed by atoms with Crippen molar-refractivity contribution < 1.29 is 144 Å². The number of carboxylic acids is 2. The van der Waals surface area contributed by atoms with Gasteiger partial charge in [0.1, 0.15) is 22.0 Å². The number of carboxylic acid groups (broad SMARTS) is 2. The number of esters is 2. The number of aromatic carboxylic acids is 1. The van der Waals surface area contributed by atoms with Crippen LogP contribution in [0.15, 0.2) is 101 Å². The van der Waals surface area contributed by atoms with E-state index in [-0.39, 0.29) is 46.4 Å². The second kappa shape index (κ2) is 37.0. The Morgan fingerprint density at radius 3 is 1.74 bits per heavy atom. The van der Waals surface area contributed by atoms with Crippen LogP contribution >= 0.6 is 19.2 Å². The number of urea groups is 2. The third kappa shape index (κ3) is 27.6. The van der Waals surface area contributed by atoms with Gasteiger partial charge in [-0.1, -0.05) is 23.7 Å². The summed E-state index contributed by atoms with van der Waals surface area (Å²) in [5.74, 6) is -8.62. The van der Waals surface area contributed by atoms with Crippen LogP contribution in [0, 0.1) is 10.1 Å². The number of carbonyl (C=O) groups excluding carboxylic acids is 5. The summed E-state index contributed by atoms with van der Waals surface area (Å²) in [6.45, 7) is -4.44. The summed E-state index contributed by atoms with van der Waals surface area (Å²) < 4.78 is 183. The molecule has 99 heavy (non-hydrogen) atoms. The highest BCUT2D eigenvalue weighted by molar-refractivity contribution is 7.90. The molecule has 6 rings (SSSR count). The van der Waals surface area contributed by atoms with Crippen molar-refractivity contribution in [3.8, 4) is 35.0 Å². The molecule has 3 heterocycles. The van der Waals surface area contributed by atoms with Gasteiger partial charge in [0.2, 0.25) is 35.4 Å². The zero-order valence-electron chi connectivity index (χ0n) is 50.8. The second-order valence-corrected chi connectivity index (χ2v) is 23.3. The lowest BCUT2D eigenvalue weighted by atomic mass is 10.1. The number of nitrogens with one attached hydrogen (secondary N) is 5. The molecule has 1 unspecified atom stereocenters. The minimum atomic E-state index is -4.71. The van der Waals surface area contributed by atoms with Gasteiger partial charge in [0.15, 0.2) is 11.1 Å². The molecular weight excluding hydrogens is 1440 g/mol. The van der Waals surface area contributed by atoms with Gasteiger partial charge in [0.05, 0.1) is 72.4 Å². The normalized spacial score (nSPS) is 11.4. The van der Waals surface area contributed by atoms with Crippen molar-refractivity contribution in [2.45, 2.75) is 49.3 Å². The van der Waals surface area contributed by atoms with Crippen LogP contribution in [0.3, 0.4) is 0 Å². The number of aromatic nitrogens is 5. The summed E-state index contributed by atoms with van der Waals surface area (Å²) in [6.07, 6.45) is -5.35. The summed E-state index contributed by atoms with van der Waals surface area (Å²) in [4.78, 5) is 126. The van der Waals surface area contributed by atoms with Gasteiger partial charge in [-0.15, -0.1) is 0 Å². The molecule has 0 saturated carbocycles. The summed E-state index contributed by atoms with van der Waals surface area (Å²) in [5.41, 5.74) is -3.00. The number of halogens is 8. The Kier molecular flexibility index (Phi) is 30.7. The number of benzene rings is 3. The SMILES string of the molecule is CCOC(=O)C(C)OC(=O)c1cc(Oc2ccc(C(F)(F)F)cc2Cl)ccc1[N+](=O)[O-].COc1cc(OC)nc(NC(=O)NS(=O)(=O)c2ncccc2C(=O)N(C)C)n1.O=C(Nc1nc(OC(F)F)cc(OC(F)F)n1)NS(=O)(=O)c1ccccc1C(=O)O.O=C(O)CNCP(=O)(O)O. The molecule has 3 aromatic carbocycles. The Labute approximate surface area is 556 Å². The Bertz CT molecular complexity index is 4160. The number of pyridine rings is 1. The minimum absolute atomic E-state index is 0.0398. The number of carbonyl (C=O) groups is 7. The van der Waals surface area contributed by atoms with Crippen molar-refractivity contribution in [2.24, 2.45) is 0 Å². The number of hydrogen-bond acceptors (Lipinski definition) is 27. The van der Waals surface area contributed by atoms with Crippen LogP contribution in [0.5, 0.6) is 35.0 Å². The number of ether oxygens (including phenoxy) is 7. The summed E-state index contributed by atoms with van der Waals surface area (Å²) in [6, 6.07) is 11.5. The van der Waals surface area contributed by atoms with Gasteiger partial charge in [-0.05, 0) is 62.4 Å². The third-order valence-electron chi connectivity index (χ3n) is 10.5. The van der Waals surface area contributed by atoms with Gasteiger partial charge in [-0.3, -0.25) is 40.2 Å². The Balaban J connectivity index is 0.000000361. The quantitative estimate of drug-likeness (QED) is 0.0105. The number of hydrogen-bond donors (Lipinski definition) is 9. The zero-order valence-corrected chi connectivity index (χ0v) is 54.1. The van der Waals surface area contributed by atoms with E-state index in [4.69, 9.17) is 55.3 Å². The Morgan fingerprint density at radius 1 is 0.737 bits per heavy atom. The summed E-state index contributed by atoms with van der Waals surface area (Å²) in [5, 5.41) is 33.2. The lowest BCUT2D eigenvalue weighted by Gasteiger charge is -2.14. The molecule has 0 bridgehead atoms. The molecule has 3 aromatic heterocycles. The van der Waals surface area contributed by atoms with Gasteiger partial charge in [-0.2, -0.15) is 59.1 Å².